The summed E-state index contributed by atoms with van der Waals surface area (Å²) in [6, 6.07) is 15.6. The minimum Gasteiger partial charge on any atom is -0.394 e. The van der Waals surface area contributed by atoms with Crippen molar-refractivity contribution >= 4 is 0 Å². The molecule has 0 heterocycles. The van der Waals surface area contributed by atoms with Crippen LogP contribution in [-0.4, -0.2) is 45.8 Å². The van der Waals surface area contributed by atoms with E-state index in [0.717, 1.165) is 12.8 Å². The van der Waals surface area contributed by atoms with Crippen LogP contribution in [0.4, 0.5) is 0 Å². The molecule has 0 aliphatic carbocycles. The molecule has 6 atom stereocenters. The van der Waals surface area contributed by atoms with Gasteiger partial charge >= 0.3 is 0 Å². The molecule has 0 aromatic heterocycles. The third-order valence-corrected chi connectivity index (χ3v) is 6.26. The second-order valence-electron chi connectivity index (χ2n) is 8.43. The van der Waals surface area contributed by atoms with Gasteiger partial charge in [-0.3, -0.25) is 0 Å². The summed E-state index contributed by atoms with van der Waals surface area (Å²) in [4.78, 5) is 0. The van der Waals surface area contributed by atoms with Crippen LogP contribution in [0.5, 0.6) is 0 Å². The Hall–Kier alpha value is -1.76. The molecule has 4 N–H and O–H groups in total. The Morgan fingerprint density at radius 1 is 0.613 bits per heavy atom. The molecule has 5 nitrogen and oxygen atoms in total. The normalized spacial score (nSPS) is 17.5. The van der Waals surface area contributed by atoms with Crippen molar-refractivity contribution in [2.45, 2.75) is 76.8 Å². The predicted octanol–water partition coefficient (Wildman–Crippen LogP) is 4.22. The third kappa shape index (κ3) is 6.61. The van der Waals surface area contributed by atoms with Crippen LogP contribution in [0, 0.1) is 0 Å². The topological polar surface area (TPSA) is 90.2 Å². The zero-order valence-corrected chi connectivity index (χ0v) is 19.1. The van der Waals surface area contributed by atoms with Gasteiger partial charge in [0, 0.05) is 0 Å². The van der Waals surface area contributed by atoms with Crippen LogP contribution >= 0.6 is 0 Å². The minimum absolute atomic E-state index is 0.421. The number of aliphatic hydroxyl groups excluding tert-OH is 4. The van der Waals surface area contributed by atoms with Gasteiger partial charge in [-0.2, -0.15) is 0 Å². The highest BCUT2D eigenvalue weighted by atomic mass is 16.5. The molecular weight excluding hydrogens is 392 g/mol. The number of ether oxygens (including phenoxy) is 1. The van der Waals surface area contributed by atoms with Gasteiger partial charge in [-0.15, -0.1) is 0 Å². The van der Waals surface area contributed by atoms with E-state index in [9.17, 15) is 20.4 Å². The zero-order valence-electron chi connectivity index (χ0n) is 19.1. The van der Waals surface area contributed by atoms with Gasteiger partial charge in [0.25, 0.3) is 0 Å². The van der Waals surface area contributed by atoms with E-state index < -0.39 is 37.6 Å². The molecule has 0 aliphatic heterocycles. The first-order valence-electron chi connectivity index (χ1n) is 11.3. The number of benzene rings is 2. The first-order valence-corrected chi connectivity index (χ1v) is 11.3. The highest BCUT2D eigenvalue weighted by molar-refractivity contribution is 5.29. The van der Waals surface area contributed by atoms with E-state index in [1.54, 1.807) is 0 Å². The van der Waals surface area contributed by atoms with Crippen LogP contribution in [-0.2, 0) is 4.74 Å². The average Bonchev–Trinajstić information content (AvgIpc) is 2.83. The molecular formula is C26H38O5. The molecule has 2 aromatic carbocycles. The monoisotopic (exact) mass is 430 g/mol. The van der Waals surface area contributed by atoms with Gasteiger partial charge in [-0.1, -0.05) is 76.2 Å². The van der Waals surface area contributed by atoms with Crippen molar-refractivity contribution < 1.29 is 25.2 Å². The van der Waals surface area contributed by atoms with Crippen molar-refractivity contribution in [3.63, 3.8) is 0 Å². The number of hydrogen-bond acceptors (Lipinski definition) is 5. The van der Waals surface area contributed by atoms with Crippen LogP contribution in [0.3, 0.4) is 0 Å². The lowest BCUT2D eigenvalue weighted by molar-refractivity contribution is -0.137. The smallest absolute Gasteiger partial charge is 0.112 e. The standard InChI is InChI=1S/C26H38O5/c1-5-17(3)19-7-11-21(12-8-19)25(23(29)15-27)31-26(24(30)16-28)22-13-9-20(10-14-22)18(4)6-2/h7-14,17-18,23-30H,5-6,15-16H2,1-4H3. The Labute approximate surface area is 186 Å². The summed E-state index contributed by atoms with van der Waals surface area (Å²) in [5, 5.41) is 40.2. The lowest BCUT2D eigenvalue weighted by Crippen LogP contribution is -2.32. The van der Waals surface area contributed by atoms with Crippen molar-refractivity contribution in [2.75, 3.05) is 13.2 Å². The van der Waals surface area contributed by atoms with Gasteiger partial charge in [0.15, 0.2) is 0 Å². The van der Waals surface area contributed by atoms with Gasteiger partial charge in [-0.05, 0) is 46.9 Å². The fraction of sp³-hybridized carbons (Fsp3) is 0.538. The Bertz CT molecular complexity index is 693. The van der Waals surface area contributed by atoms with E-state index >= 15 is 0 Å². The van der Waals surface area contributed by atoms with E-state index in [1.165, 1.54) is 11.1 Å². The maximum atomic E-state index is 10.5. The van der Waals surface area contributed by atoms with Crippen LogP contribution in [0.15, 0.2) is 48.5 Å². The number of hydrogen-bond donors (Lipinski definition) is 4. The van der Waals surface area contributed by atoms with Crippen LogP contribution in [0.25, 0.3) is 0 Å². The van der Waals surface area contributed by atoms with E-state index in [1.807, 2.05) is 48.5 Å². The SMILES string of the molecule is CCC(C)c1ccc(C(OC(c2ccc(C(C)CC)cc2)C(O)CO)C(O)CO)cc1. The Morgan fingerprint density at radius 2 is 0.903 bits per heavy atom. The summed E-state index contributed by atoms with van der Waals surface area (Å²) >= 11 is 0. The van der Waals surface area contributed by atoms with E-state index in [4.69, 9.17) is 4.74 Å². The van der Waals surface area contributed by atoms with Crippen molar-refractivity contribution in [3.8, 4) is 0 Å². The molecule has 0 saturated carbocycles. The fourth-order valence-corrected chi connectivity index (χ4v) is 3.63. The fourth-order valence-electron chi connectivity index (χ4n) is 3.63. The van der Waals surface area contributed by atoms with Crippen molar-refractivity contribution in [1.82, 2.24) is 0 Å². The quantitative estimate of drug-likeness (QED) is 0.405. The summed E-state index contributed by atoms with van der Waals surface area (Å²) in [6.07, 6.45) is -1.98. The van der Waals surface area contributed by atoms with Crippen LogP contribution < -0.4 is 0 Å². The molecule has 0 saturated heterocycles. The molecule has 2 aromatic rings. The predicted molar refractivity (Wildman–Crippen MR) is 123 cm³/mol. The summed E-state index contributed by atoms with van der Waals surface area (Å²) in [5.41, 5.74) is 3.80. The summed E-state index contributed by atoms with van der Waals surface area (Å²) in [7, 11) is 0. The van der Waals surface area contributed by atoms with Gasteiger partial charge in [0.05, 0.1) is 13.2 Å². The molecule has 2 rings (SSSR count). The van der Waals surface area contributed by atoms with Crippen molar-refractivity contribution in [1.29, 1.82) is 0 Å². The third-order valence-electron chi connectivity index (χ3n) is 6.26. The molecule has 6 unspecified atom stereocenters. The summed E-state index contributed by atoms with van der Waals surface area (Å²) < 4.78 is 6.16. The number of rotatable bonds is 12. The lowest BCUT2D eigenvalue weighted by Gasteiger charge is -2.31. The van der Waals surface area contributed by atoms with Crippen LogP contribution in [0.1, 0.15) is 86.8 Å². The van der Waals surface area contributed by atoms with Crippen molar-refractivity contribution in [3.05, 3.63) is 70.8 Å². The Kier molecular flexibility index (Phi) is 10.1. The maximum absolute atomic E-state index is 10.5. The molecule has 5 heteroatoms. The molecule has 0 aliphatic rings. The first-order chi connectivity index (χ1) is 14.9. The van der Waals surface area contributed by atoms with E-state index in [0.29, 0.717) is 23.0 Å². The van der Waals surface area contributed by atoms with Gasteiger partial charge in [0.1, 0.15) is 24.4 Å². The zero-order chi connectivity index (χ0) is 23.0. The van der Waals surface area contributed by atoms with Gasteiger partial charge in [0.2, 0.25) is 0 Å². The Morgan fingerprint density at radius 3 is 1.16 bits per heavy atom. The molecule has 172 valence electrons. The summed E-state index contributed by atoms with van der Waals surface area (Å²) in [5.74, 6) is 0.841. The highest BCUT2D eigenvalue weighted by Crippen LogP contribution is 2.33. The molecule has 0 amide bonds. The average molecular weight is 431 g/mol. The lowest BCUT2D eigenvalue weighted by atomic mass is 9.94. The molecule has 31 heavy (non-hydrogen) atoms. The molecule has 0 radical (unpaired) electrons. The highest BCUT2D eigenvalue weighted by Gasteiger charge is 2.30. The van der Waals surface area contributed by atoms with Gasteiger partial charge < -0.3 is 25.2 Å². The van der Waals surface area contributed by atoms with Crippen LogP contribution in [0.2, 0.25) is 0 Å². The largest absolute Gasteiger partial charge is 0.394 e. The van der Waals surface area contributed by atoms with Crippen molar-refractivity contribution in [2.24, 2.45) is 0 Å². The van der Waals surface area contributed by atoms with E-state index in [2.05, 4.69) is 27.7 Å². The minimum atomic E-state index is -1.16. The number of aliphatic hydroxyl groups is 4. The molecule has 0 fully saturated rings. The molecule has 0 spiro atoms. The first kappa shape index (κ1) is 25.5. The second-order valence-corrected chi connectivity index (χ2v) is 8.43. The summed E-state index contributed by atoms with van der Waals surface area (Å²) in [6.45, 7) is 7.62. The molecule has 0 bridgehead atoms. The van der Waals surface area contributed by atoms with Gasteiger partial charge in [-0.25, -0.2) is 0 Å². The maximum Gasteiger partial charge on any atom is 0.112 e. The second kappa shape index (κ2) is 12.3. The van der Waals surface area contributed by atoms with E-state index in [-0.39, 0.29) is 0 Å². The Balaban J connectivity index is 2.33.